The number of hydrogen-bond donors (Lipinski definition) is 1. The normalized spacial score (nSPS) is 10.5. The summed E-state index contributed by atoms with van der Waals surface area (Å²) in [6, 6.07) is 2.56. The molecule has 1 N–H and O–H groups in total. The lowest BCUT2D eigenvalue weighted by Gasteiger charge is -2.08. The highest BCUT2D eigenvalue weighted by Gasteiger charge is 2.13. The van der Waals surface area contributed by atoms with Gasteiger partial charge in [-0.25, -0.2) is 9.48 Å². The zero-order chi connectivity index (χ0) is 16.5. The number of amides is 1. The molecule has 1 aromatic rings. The van der Waals surface area contributed by atoms with Gasteiger partial charge in [-0.2, -0.15) is 5.10 Å². The van der Waals surface area contributed by atoms with Crippen molar-refractivity contribution in [3.63, 3.8) is 0 Å². The van der Waals surface area contributed by atoms with Crippen LogP contribution in [0.4, 0.5) is 0 Å². The van der Waals surface area contributed by atoms with Gasteiger partial charge in [0.25, 0.3) is 11.5 Å². The van der Waals surface area contributed by atoms with Gasteiger partial charge in [0.05, 0.1) is 0 Å². The van der Waals surface area contributed by atoms with E-state index in [-0.39, 0.29) is 23.8 Å². The third-order valence-corrected chi connectivity index (χ3v) is 2.89. The maximum atomic E-state index is 11.8. The third kappa shape index (κ3) is 6.07. The largest absolute Gasteiger partial charge is 0.451 e. The minimum Gasteiger partial charge on any atom is -0.451 e. The van der Waals surface area contributed by atoms with E-state index in [4.69, 9.17) is 4.74 Å². The van der Waals surface area contributed by atoms with E-state index in [0.717, 1.165) is 12.8 Å². The van der Waals surface area contributed by atoms with Gasteiger partial charge in [0.15, 0.2) is 12.3 Å². The first-order valence-corrected chi connectivity index (χ1v) is 7.46. The number of rotatable bonds is 8. The Balaban J connectivity index is 2.50. The molecule has 0 fully saturated rings. The Morgan fingerprint density at radius 3 is 2.73 bits per heavy atom. The van der Waals surface area contributed by atoms with Crippen molar-refractivity contribution in [2.75, 3.05) is 13.2 Å². The quantitative estimate of drug-likeness (QED) is 0.723. The maximum absolute atomic E-state index is 11.8. The summed E-state index contributed by atoms with van der Waals surface area (Å²) in [6.45, 7) is 6.64. The fourth-order valence-corrected chi connectivity index (χ4v) is 1.69. The van der Waals surface area contributed by atoms with Crippen molar-refractivity contribution in [2.24, 2.45) is 5.92 Å². The highest BCUT2D eigenvalue weighted by atomic mass is 16.5. The van der Waals surface area contributed by atoms with Crippen molar-refractivity contribution in [1.29, 1.82) is 0 Å². The second kappa shape index (κ2) is 8.96. The molecule has 0 atom stereocenters. The van der Waals surface area contributed by atoms with E-state index >= 15 is 0 Å². The standard InChI is InChI=1S/C15H23N3O4/c1-4-9-18-14(20)6-5-12(17-18)15(21)22-10-13(19)16-8-7-11(2)3/h5-6,11H,4,7-10H2,1-3H3,(H,16,19). The van der Waals surface area contributed by atoms with Crippen LogP contribution in [0.25, 0.3) is 0 Å². The Morgan fingerprint density at radius 2 is 2.09 bits per heavy atom. The third-order valence-electron chi connectivity index (χ3n) is 2.89. The van der Waals surface area contributed by atoms with Crippen LogP contribution >= 0.6 is 0 Å². The number of carbonyl (C=O) groups is 2. The summed E-state index contributed by atoms with van der Waals surface area (Å²) in [5, 5.41) is 6.59. The number of nitrogens with zero attached hydrogens (tertiary/aromatic N) is 2. The van der Waals surface area contributed by atoms with Crippen LogP contribution in [-0.4, -0.2) is 34.8 Å². The van der Waals surface area contributed by atoms with E-state index < -0.39 is 5.97 Å². The molecule has 22 heavy (non-hydrogen) atoms. The molecule has 0 aromatic carbocycles. The van der Waals surface area contributed by atoms with E-state index in [0.29, 0.717) is 19.0 Å². The van der Waals surface area contributed by atoms with Crippen molar-refractivity contribution < 1.29 is 14.3 Å². The SMILES string of the molecule is CCCn1nc(C(=O)OCC(=O)NCCC(C)C)ccc1=O. The van der Waals surface area contributed by atoms with Crippen LogP contribution in [-0.2, 0) is 16.1 Å². The molecule has 122 valence electrons. The van der Waals surface area contributed by atoms with Gasteiger partial charge in [0.2, 0.25) is 0 Å². The number of aromatic nitrogens is 2. The molecule has 0 aliphatic heterocycles. The first-order chi connectivity index (χ1) is 10.4. The number of hydrogen-bond acceptors (Lipinski definition) is 5. The Morgan fingerprint density at radius 1 is 1.36 bits per heavy atom. The van der Waals surface area contributed by atoms with Gasteiger partial charge < -0.3 is 10.1 Å². The first-order valence-electron chi connectivity index (χ1n) is 7.46. The fourth-order valence-electron chi connectivity index (χ4n) is 1.69. The molecule has 1 heterocycles. The van der Waals surface area contributed by atoms with Crippen LogP contribution in [0.5, 0.6) is 0 Å². The van der Waals surface area contributed by atoms with Crippen molar-refractivity contribution >= 4 is 11.9 Å². The number of esters is 1. The second-order valence-electron chi connectivity index (χ2n) is 5.39. The van der Waals surface area contributed by atoms with E-state index in [2.05, 4.69) is 24.3 Å². The topological polar surface area (TPSA) is 90.3 Å². The van der Waals surface area contributed by atoms with Gasteiger partial charge in [-0.05, 0) is 24.8 Å². The second-order valence-corrected chi connectivity index (χ2v) is 5.39. The zero-order valence-electron chi connectivity index (χ0n) is 13.3. The summed E-state index contributed by atoms with van der Waals surface area (Å²) in [7, 11) is 0. The molecule has 7 heteroatoms. The molecule has 0 unspecified atom stereocenters. The van der Waals surface area contributed by atoms with Crippen molar-refractivity contribution in [3.05, 3.63) is 28.2 Å². The molecule has 1 aromatic heterocycles. The average molecular weight is 309 g/mol. The molecule has 0 saturated carbocycles. The first kappa shape index (κ1) is 17.9. The van der Waals surface area contributed by atoms with Crippen molar-refractivity contribution in [1.82, 2.24) is 15.1 Å². The molecule has 0 radical (unpaired) electrons. The average Bonchev–Trinajstić information content (AvgIpc) is 2.47. The smallest absolute Gasteiger partial charge is 0.359 e. The van der Waals surface area contributed by atoms with Gasteiger partial charge in [-0.3, -0.25) is 9.59 Å². The molecule has 0 bridgehead atoms. The summed E-state index contributed by atoms with van der Waals surface area (Å²) in [6.07, 6.45) is 1.59. The number of nitrogens with one attached hydrogen (secondary N) is 1. The van der Waals surface area contributed by atoms with E-state index in [9.17, 15) is 14.4 Å². The lowest BCUT2D eigenvalue weighted by atomic mass is 10.1. The number of ether oxygens (including phenoxy) is 1. The molecule has 0 aliphatic rings. The minimum absolute atomic E-state index is 0.0167. The number of aryl methyl sites for hydroxylation is 1. The van der Waals surface area contributed by atoms with Gasteiger partial charge in [-0.15, -0.1) is 0 Å². The van der Waals surface area contributed by atoms with Gasteiger partial charge in [-0.1, -0.05) is 20.8 Å². The van der Waals surface area contributed by atoms with Crippen LogP contribution in [0.1, 0.15) is 44.1 Å². The summed E-state index contributed by atoms with van der Waals surface area (Å²) >= 11 is 0. The lowest BCUT2D eigenvalue weighted by molar-refractivity contribution is -0.124. The molecule has 7 nitrogen and oxygen atoms in total. The fraction of sp³-hybridized carbons (Fsp3) is 0.600. The Labute approximate surface area is 129 Å². The molecule has 1 rings (SSSR count). The van der Waals surface area contributed by atoms with Crippen LogP contribution in [0, 0.1) is 5.92 Å². The Kier molecular flexibility index (Phi) is 7.28. The molecule has 0 saturated heterocycles. The van der Waals surface area contributed by atoms with Crippen molar-refractivity contribution in [2.45, 2.75) is 40.2 Å². The van der Waals surface area contributed by atoms with E-state index in [1.54, 1.807) is 0 Å². The lowest BCUT2D eigenvalue weighted by Crippen LogP contribution is -2.31. The Hall–Kier alpha value is -2.18. The summed E-state index contributed by atoms with van der Waals surface area (Å²) in [5.41, 5.74) is -0.257. The van der Waals surface area contributed by atoms with Crippen LogP contribution < -0.4 is 10.9 Å². The van der Waals surface area contributed by atoms with E-state index in [1.807, 2.05) is 6.92 Å². The highest BCUT2D eigenvalue weighted by Crippen LogP contribution is 1.97. The molecule has 0 aliphatic carbocycles. The van der Waals surface area contributed by atoms with Crippen LogP contribution in [0.15, 0.2) is 16.9 Å². The zero-order valence-corrected chi connectivity index (χ0v) is 13.3. The molecular weight excluding hydrogens is 286 g/mol. The predicted molar refractivity (Wildman–Crippen MR) is 81.5 cm³/mol. The summed E-state index contributed by atoms with van der Waals surface area (Å²) in [4.78, 5) is 34.8. The maximum Gasteiger partial charge on any atom is 0.359 e. The van der Waals surface area contributed by atoms with Gasteiger partial charge >= 0.3 is 5.97 Å². The van der Waals surface area contributed by atoms with Gasteiger partial charge in [0, 0.05) is 19.2 Å². The minimum atomic E-state index is -0.719. The van der Waals surface area contributed by atoms with Crippen LogP contribution in [0.2, 0.25) is 0 Å². The molecule has 0 spiro atoms. The Bertz CT molecular complexity index is 566. The molecule has 1 amide bonds. The summed E-state index contributed by atoms with van der Waals surface area (Å²) in [5.74, 6) is -0.577. The molecular formula is C15H23N3O4. The highest BCUT2D eigenvalue weighted by molar-refractivity contribution is 5.89. The predicted octanol–water partition coefficient (Wildman–Crippen LogP) is 0.972. The van der Waals surface area contributed by atoms with Crippen molar-refractivity contribution in [3.8, 4) is 0 Å². The van der Waals surface area contributed by atoms with Gasteiger partial charge in [0.1, 0.15) is 0 Å². The summed E-state index contributed by atoms with van der Waals surface area (Å²) < 4.78 is 6.10. The number of carbonyl (C=O) groups excluding carboxylic acids is 2. The monoisotopic (exact) mass is 309 g/mol. The van der Waals surface area contributed by atoms with E-state index in [1.165, 1.54) is 16.8 Å². The van der Waals surface area contributed by atoms with Crippen LogP contribution in [0.3, 0.4) is 0 Å².